The molecule has 1 fully saturated rings. The van der Waals surface area contributed by atoms with Gasteiger partial charge in [-0.05, 0) is 19.4 Å². The van der Waals surface area contributed by atoms with Crippen molar-refractivity contribution in [3.05, 3.63) is 35.9 Å². The van der Waals surface area contributed by atoms with Crippen LogP contribution in [0.5, 0.6) is 0 Å². The summed E-state index contributed by atoms with van der Waals surface area (Å²) in [4.78, 5) is 0. The van der Waals surface area contributed by atoms with E-state index in [9.17, 15) is 18.3 Å². The van der Waals surface area contributed by atoms with Crippen LogP contribution in [0.1, 0.15) is 19.4 Å². The van der Waals surface area contributed by atoms with Gasteiger partial charge in [-0.15, -0.1) is 0 Å². The maximum atomic E-state index is 13.2. The fraction of sp³-hybridized carbons (Fsp3) is 0.625. The van der Waals surface area contributed by atoms with Crippen molar-refractivity contribution in [2.75, 3.05) is 13.2 Å². The van der Waals surface area contributed by atoms with Crippen LogP contribution in [0.15, 0.2) is 30.3 Å². The smallest absolute Gasteiger partial charge is 0.395 e. The first-order valence-corrected chi connectivity index (χ1v) is 7.49. The molecule has 0 unspecified atom stereocenters. The molecular weight excluding hydrogens is 311 g/mol. The third-order valence-corrected chi connectivity index (χ3v) is 3.87. The maximum absolute atomic E-state index is 13.2. The van der Waals surface area contributed by atoms with Gasteiger partial charge < -0.3 is 19.9 Å². The van der Waals surface area contributed by atoms with E-state index in [1.807, 2.05) is 30.3 Å². The minimum absolute atomic E-state index is 0.0477. The second-order valence-electron chi connectivity index (χ2n) is 6.09. The molecule has 1 aromatic rings. The molecule has 0 amide bonds. The van der Waals surface area contributed by atoms with Crippen LogP contribution in [0.3, 0.4) is 0 Å². The number of nitrogens with one attached hydrogen (secondary N) is 1. The highest BCUT2D eigenvalue weighted by Gasteiger charge is 2.50. The van der Waals surface area contributed by atoms with Crippen molar-refractivity contribution in [2.24, 2.45) is 5.92 Å². The largest absolute Gasteiger partial charge is 0.396 e. The van der Waals surface area contributed by atoms with Crippen molar-refractivity contribution in [3.63, 3.8) is 0 Å². The van der Waals surface area contributed by atoms with Crippen molar-refractivity contribution < 1.29 is 27.8 Å². The molecule has 0 aromatic heterocycles. The van der Waals surface area contributed by atoms with Crippen molar-refractivity contribution in [2.45, 2.75) is 44.5 Å². The average Bonchev–Trinajstić information content (AvgIpc) is 2.83. The lowest BCUT2D eigenvalue weighted by Gasteiger charge is -2.32. The Kier molecular flexibility index (Phi) is 5.67. The number of alkyl halides is 3. The molecule has 0 aliphatic carbocycles. The van der Waals surface area contributed by atoms with Crippen LogP contribution >= 0.6 is 0 Å². The normalized spacial score (nSPS) is 23.7. The quantitative estimate of drug-likeness (QED) is 0.840. The van der Waals surface area contributed by atoms with Gasteiger partial charge in [0.1, 0.15) is 6.10 Å². The van der Waals surface area contributed by atoms with Gasteiger partial charge in [0.25, 0.3) is 0 Å². The van der Waals surface area contributed by atoms with E-state index < -0.39 is 36.6 Å². The van der Waals surface area contributed by atoms with Gasteiger partial charge in [0.15, 0.2) is 5.79 Å². The maximum Gasteiger partial charge on any atom is 0.395 e. The van der Waals surface area contributed by atoms with Crippen molar-refractivity contribution in [1.82, 2.24) is 5.32 Å². The molecule has 1 aliphatic rings. The number of aliphatic hydroxyl groups is 1. The van der Waals surface area contributed by atoms with Gasteiger partial charge >= 0.3 is 6.18 Å². The Balaban J connectivity index is 2.14. The zero-order valence-electron chi connectivity index (χ0n) is 13.1. The second kappa shape index (κ2) is 7.17. The first-order valence-electron chi connectivity index (χ1n) is 7.49. The molecule has 4 nitrogen and oxygen atoms in total. The monoisotopic (exact) mass is 333 g/mol. The molecule has 3 atom stereocenters. The van der Waals surface area contributed by atoms with Crippen LogP contribution in [-0.4, -0.2) is 42.4 Å². The van der Waals surface area contributed by atoms with Crippen LogP contribution in [0.2, 0.25) is 0 Å². The van der Waals surface area contributed by atoms with E-state index in [2.05, 4.69) is 5.32 Å². The van der Waals surface area contributed by atoms with E-state index in [-0.39, 0.29) is 13.2 Å². The predicted octanol–water partition coefficient (Wildman–Crippen LogP) is 2.47. The fourth-order valence-corrected chi connectivity index (χ4v) is 2.68. The Labute approximate surface area is 133 Å². The molecule has 2 N–H and O–H groups in total. The van der Waals surface area contributed by atoms with E-state index in [1.54, 1.807) is 13.8 Å². The van der Waals surface area contributed by atoms with Crippen molar-refractivity contribution in [1.29, 1.82) is 0 Å². The van der Waals surface area contributed by atoms with Gasteiger partial charge in [0.05, 0.1) is 19.1 Å². The Morgan fingerprint density at radius 2 is 1.96 bits per heavy atom. The number of ether oxygens (including phenoxy) is 2. The lowest BCUT2D eigenvalue weighted by atomic mass is 9.94. The van der Waals surface area contributed by atoms with Crippen LogP contribution in [0, 0.1) is 5.92 Å². The van der Waals surface area contributed by atoms with Gasteiger partial charge in [0.2, 0.25) is 0 Å². The molecule has 0 spiro atoms. The third kappa shape index (κ3) is 4.91. The molecule has 130 valence electrons. The first kappa shape index (κ1) is 18.2. The summed E-state index contributed by atoms with van der Waals surface area (Å²) < 4.78 is 50.7. The summed E-state index contributed by atoms with van der Waals surface area (Å²) in [5.41, 5.74) is 0.856. The molecule has 1 saturated heterocycles. The second-order valence-corrected chi connectivity index (χ2v) is 6.09. The van der Waals surface area contributed by atoms with E-state index in [0.29, 0.717) is 0 Å². The molecule has 1 aromatic carbocycles. The molecule has 1 heterocycles. The SMILES string of the molecule is CC1(C)OC[C@H]([C@H](NCc2ccccc2)[C@H](CO)C(F)(F)F)O1. The molecule has 0 saturated carbocycles. The summed E-state index contributed by atoms with van der Waals surface area (Å²) in [6.07, 6.45) is -5.31. The van der Waals surface area contributed by atoms with E-state index in [1.165, 1.54) is 0 Å². The Hall–Kier alpha value is -1.15. The summed E-state index contributed by atoms with van der Waals surface area (Å²) >= 11 is 0. The lowest BCUT2D eigenvalue weighted by Crippen LogP contribution is -2.53. The standard InChI is InChI=1S/C16H22F3NO3/c1-15(2)22-10-13(23-15)14(12(9-21)16(17,18)19)20-8-11-6-4-3-5-7-11/h3-7,12-14,20-21H,8-10H2,1-2H3/t12-,13+,14+/m0/s1. The average molecular weight is 333 g/mol. The number of benzene rings is 1. The van der Waals surface area contributed by atoms with E-state index in [0.717, 1.165) is 5.56 Å². The van der Waals surface area contributed by atoms with Crippen LogP contribution < -0.4 is 5.32 Å². The zero-order chi connectivity index (χ0) is 17.1. The molecule has 7 heteroatoms. The van der Waals surface area contributed by atoms with E-state index >= 15 is 0 Å². The summed E-state index contributed by atoms with van der Waals surface area (Å²) in [6.45, 7) is 2.60. The predicted molar refractivity (Wildman–Crippen MR) is 78.6 cm³/mol. The van der Waals surface area contributed by atoms with Crippen LogP contribution in [-0.2, 0) is 16.0 Å². The Bertz CT molecular complexity index is 493. The summed E-state index contributed by atoms with van der Waals surface area (Å²) in [7, 11) is 0. The number of aliphatic hydroxyl groups excluding tert-OH is 1. The van der Waals surface area contributed by atoms with Crippen LogP contribution in [0.4, 0.5) is 13.2 Å². The number of hydrogen-bond donors (Lipinski definition) is 2. The Morgan fingerprint density at radius 1 is 1.30 bits per heavy atom. The lowest BCUT2D eigenvalue weighted by molar-refractivity contribution is -0.206. The first-order chi connectivity index (χ1) is 10.7. The summed E-state index contributed by atoms with van der Waals surface area (Å²) in [6, 6.07) is 8.02. The Morgan fingerprint density at radius 3 is 2.43 bits per heavy atom. The molecule has 23 heavy (non-hydrogen) atoms. The van der Waals surface area contributed by atoms with Gasteiger partial charge in [-0.25, -0.2) is 0 Å². The zero-order valence-corrected chi connectivity index (χ0v) is 13.1. The van der Waals surface area contributed by atoms with Gasteiger partial charge in [-0.2, -0.15) is 13.2 Å². The number of rotatable bonds is 6. The summed E-state index contributed by atoms with van der Waals surface area (Å²) in [5.74, 6) is -2.85. The summed E-state index contributed by atoms with van der Waals surface area (Å²) in [5, 5.41) is 12.2. The van der Waals surface area contributed by atoms with E-state index in [4.69, 9.17) is 9.47 Å². The third-order valence-electron chi connectivity index (χ3n) is 3.87. The molecule has 1 aliphatic heterocycles. The van der Waals surface area contributed by atoms with Crippen molar-refractivity contribution in [3.8, 4) is 0 Å². The molecular formula is C16H22F3NO3. The van der Waals surface area contributed by atoms with Gasteiger partial charge in [-0.1, -0.05) is 30.3 Å². The minimum atomic E-state index is -4.53. The van der Waals surface area contributed by atoms with Gasteiger partial charge in [-0.3, -0.25) is 0 Å². The molecule has 0 radical (unpaired) electrons. The molecule has 2 rings (SSSR count). The van der Waals surface area contributed by atoms with Crippen molar-refractivity contribution >= 4 is 0 Å². The highest BCUT2D eigenvalue weighted by atomic mass is 19.4. The highest BCUT2D eigenvalue weighted by Crippen LogP contribution is 2.34. The van der Waals surface area contributed by atoms with Crippen LogP contribution in [0.25, 0.3) is 0 Å². The molecule has 0 bridgehead atoms. The minimum Gasteiger partial charge on any atom is -0.396 e. The number of halogens is 3. The highest BCUT2D eigenvalue weighted by molar-refractivity contribution is 5.14. The van der Waals surface area contributed by atoms with Gasteiger partial charge in [0, 0.05) is 12.6 Å². The number of hydrogen-bond acceptors (Lipinski definition) is 4. The fourth-order valence-electron chi connectivity index (χ4n) is 2.68. The topological polar surface area (TPSA) is 50.7 Å².